The molecule has 0 spiro atoms. The predicted molar refractivity (Wildman–Crippen MR) is 98.7 cm³/mol. The Labute approximate surface area is 153 Å². The van der Waals surface area contributed by atoms with Gasteiger partial charge in [0.15, 0.2) is 0 Å². The molecule has 1 aromatic carbocycles. The van der Waals surface area contributed by atoms with E-state index in [1.54, 1.807) is 4.68 Å². The average Bonchev–Trinajstić information content (AvgIpc) is 3.01. The lowest BCUT2D eigenvalue weighted by molar-refractivity contribution is -0.132. The number of amides is 1. The number of carbonyl (C=O) groups is 1. The number of hydrogen-bond donors (Lipinski definition) is 0. The summed E-state index contributed by atoms with van der Waals surface area (Å²) < 4.78 is 1.71. The third-order valence-electron chi connectivity index (χ3n) is 4.60. The van der Waals surface area contributed by atoms with Gasteiger partial charge in [0, 0.05) is 13.1 Å². The van der Waals surface area contributed by atoms with Crippen molar-refractivity contribution in [1.29, 1.82) is 0 Å². The van der Waals surface area contributed by atoms with Gasteiger partial charge < -0.3 is 4.90 Å². The molecule has 0 N–H and O–H groups in total. The monoisotopic (exact) mass is 359 g/mol. The van der Waals surface area contributed by atoms with E-state index in [4.69, 9.17) is 0 Å². The third-order valence-corrected chi connectivity index (χ3v) is 5.62. The summed E-state index contributed by atoms with van der Waals surface area (Å²) in [4.78, 5) is 14.9. The molecule has 0 bridgehead atoms. The Balaban J connectivity index is 1.74. The molecule has 1 amide bonds. The molecule has 0 saturated carbocycles. The van der Waals surface area contributed by atoms with Crippen molar-refractivity contribution in [3.05, 3.63) is 29.8 Å². The Morgan fingerprint density at radius 1 is 1.24 bits per heavy atom. The Morgan fingerprint density at radius 3 is 2.60 bits per heavy atom. The highest BCUT2D eigenvalue weighted by Gasteiger charge is 2.29. The second-order valence-electron chi connectivity index (χ2n) is 7.11. The zero-order valence-electron chi connectivity index (χ0n) is 15.2. The highest BCUT2D eigenvalue weighted by atomic mass is 32.2. The van der Waals surface area contributed by atoms with Gasteiger partial charge in [-0.15, -0.1) is 5.10 Å². The third kappa shape index (κ3) is 4.03. The van der Waals surface area contributed by atoms with Crippen LogP contribution in [-0.4, -0.2) is 49.4 Å². The van der Waals surface area contributed by atoms with Crippen molar-refractivity contribution < 1.29 is 4.79 Å². The minimum absolute atomic E-state index is 0.169. The van der Waals surface area contributed by atoms with Crippen molar-refractivity contribution >= 4 is 17.7 Å². The smallest absolute Gasteiger partial charge is 0.235 e. The number of piperidine rings is 1. The lowest BCUT2D eigenvalue weighted by Crippen LogP contribution is -2.45. The van der Waals surface area contributed by atoms with Crippen LogP contribution in [0.25, 0.3) is 5.69 Å². The minimum atomic E-state index is -0.216. The molecule has 3 rings (SSSR count). The summed E-state index contributed by atoms with van der Waals surface area (Å²) >= 11 is 1.42. The van der Waals surface area contributed by atoms with Crippen LogP contribution in [0.1, 0.15) is 32.8 Å². The molecule has 0 unspecified atom stereocenters. The number of rotatable bonds is 4. The number of tetrazole rings is 1. The molecule has 1 fully saturated rings. The molecule has 7 heteroatoms. The van der Waals surface area contributed by atoms with E-state index < -0.39 is 0 Å². The zero-order valence-corrected chi connectivity index (χ0v) is 16.0. The van der Waals surface area contributed by atoms with Crippen molar-refractivity contribution in [2.45, 2.75) is 44.5 Å². The Kier molecular flexibility index (Phi) is 5.42. The molecule has 134 valence electrons. The van der Waals surface area contributed by atoms with Crippen molar-refractivity contribution in [3.8, 4) is 5.69 Å². The normalized spacial score (nSPS) is 22.0. The summed E-state index contributed by atoms with van der Waals surface area (Å²) in [7, 11) is 0. The molecular formula is C18H25N5OS. The lowest BCUT2D eigenvalue weighted by Gasteiger charge is -2.36. The molecule has 1 aliphatic heterocycles. The van der Waals surface area contributed by atoms with Gasteiger partial charge in [-0.25, -0.2) is 0 Å². The van der Waals surface area contributed by atoms with Gasteiger partial charge in [-0.1, -0.05) is 43.8 Å². The molecule has 1 aromatic heterocycles. The van der Waals surface area contributed by atoms with Crippen LogP contribution in [0.15, 0.2) is 29.4 Å². The topological polar surface area (TPSA) is 63.9 Å². The van der Waals surface area contributed by atoms with Crippen LogP contribution in [0, 0.1) is 18.8 Å². The second kappa shape index (κ2) is 7.56. The van der Waals surface area contributed by atoms with Gasteiger partial charge >= 0.3 is 0 Å². The van der Waals surface area contributed by atoms with Crippen LogP contribution in [-0.2, 0) is 4.79 Å². The number of likely N-dealkylation sites (tertiary alicyclic amines) is 1. The Morgan fingerprint density at radius 2 is 1.92 bits per heavy atom. The molecule has 2 aromatic rings. The van der Waals surface area contributed by atoms with E-state index in [2.05, 4.69) is 29.4 Å². The van der Waals surface area contributed by atoms with E-state index in [0.29, 0.717) is 17.0 Å². The number of benzene rings is 1. The summed E-state index contributed by atoms with van der Waals surface area (Å²) in [5, 5.41) is 12.5. The molecule has 6 nitrogen and oxygen atoms in total. The molecule has 0 aliphatic carbocycles. The van der Waals surface area contributed by atoms with Crippen LogP contribution in [0.5, 0.6) is 0 Å². The number of para-hydroxylation sites is 1. The van der Waals surface area contributed by atoms with E-state index in [1.807, 2.05) is 43.0 Å². The molecule has 1 saturated heterocycles. The van der Waals surface area contributed by atoms with E-state index in [-0.39, 0.29) is 11.2 Å². The van der Waals surface area contributed by atoms with E-state index in [9.17, 15) is 4.79 Å². The number of thioether (sulfide) groups is 1. The van der Waals surface area contributed by atoms with Crippen LogP contribution in [0.3, 0.4) is 0 Å². The fourth-order valence-corrected chi connectivity index (χ4v) is 4.40. The molecular weight excluding hydrogens is 334 g/mol. The van der Waals surface area contributed by atoms with Gasteiger partial charge in [0.05, 0.1) is 10.9 Å². The second-order valence-corrected chi connectivity index (χ2v) is 8.42. The maximum atomic E-state index is 12.9. The standard InChI is InChI=1S/C18H25N5OS/c1-12-9-13(2)11-22(10-12)17(24)15(4)25-18-19-20-21-23(18)16-8-6-5-7-14(16)3/h5-8,12-13,15H,9-11H2,1-4H3/t12-,13+,15-/m0/s1. The van der Waals surface area contributed by atoms with Gasteiger partial charge in [-0.3, -0.25) is 4.79 Å². The first-order chi connectivity index (χ1) is 12.0. The van der Waals surface area contributed by atoms with Gasteiger partial charge in [0.25, 0.3) is 0 Å². The number of aryl methyl sites for hydroxylation is 1. The lowest BCUT2D eigenvalue weighted by atomic mass is 9.92. The maximum Gasteiger partial charge on any atom is 0.235 e. The fraction of sp³-hybridized carbons (Fsp3) is 0.556. The summed E-state index contributed by atoms with van der Waals surface area (Å²) in [5.74, 6) is 1.28. The maximum absolute atomic E-state index is 12.9. The summed E-state index contributed by atoms with van der Waals surface area (Å²) in [6, 6.07) is 7.96. The average molecular weight is 359 g/mol. The van der Waals surface area contributed by atoms with E-state index in [0.717, 1.165) is 24.3 Å². The Bertz CT molecular complexity index is 737. The van der Waals surface area contributed by atoms with Crippen molar-refractivity contribution in [1.82, 2.24) is 25.1 Å². The molecule has 1 aliphatic rings. The minimum Gasteiger partial charge on any atom is -0.341 e. The van der Waals surface area contributed by atoms with E-state index in [1.165, 1.54) is 18.2 Å². The van der Waals surface area contributed by atoms with Crippen molar-refractivity contribution in [2.24, 2.45) is 11.8 Å². The summed E-state index contributed by atoms with van der Waals surface area (Å²) in [6.45, 7) is 10.1. The van der Waals surface area contributed by atoms with Gasteiger partial charge in [0.2, 0.25) is 11.1 Å². The SMILES string of the molecule is Cc1ccccc1-n1nnnc1S[C@@H](C)C(=O)N1C[C@H](C)C[C@H](C)C1. The molecule has 2 heterocycles. The first kappa shape index (κ1) is 17.9. The first-order valence-electron chi connectivity index (χ1n) is 8.75. The zero-order chi connectivity index (χ0) is 18.0. The number of nitrogens with zero attached hydrogens (tertiary/aromatic N) is 5. The molecule has 25 heavy (non-hydrogen) atoms. The van der Waals surface area contributed by atoms with Crippen LogP contribution < -0.4 is 0 Å². The molecule has 3 atom stereocenters. The van der Waals surface area contributed by atoms with Crippen LogP contribution in [0.2, 0.25) is 0 Å². The quantitative estimate of drug-likeness (QED) is 0.785. The first-order valence-corrected chi connectivity index (χ1v) is 9.63. The predicted octanol–water partition coefficient (Wildman–Crippen LogP) is 2.96. The van der Waals surface area contributed by atoms with Gasteiger partial charge in [-0.2, -0.15) is 4.68 Å². The Hall–Kier alpha value is -1.89. The number of hydrogen-bond acceptors (Lipinski definition) is 5. The van der Waals surface area contributed by atoms with Gasteiger partial charge in [0.1, 0.15) is 0 Å². The summed E-state index contributed by atoms with van der Waals surface area (Å²) in [5.41, 5.74) is 2.03. The highest BCUT2D eigenvalue weighted by molar-refractivity contribution is 8.00. The fourth-order valence-electron chi connectivity index (χ4n) is 3.51. The van der Waals surface area contributed by atoms with Crippen LogP contribution in [0.4, 0.5) is 0 Å². The van der Waals surface area contributed by atoms with Crippen molar-refractivity contribution in [3.63, 3.8) is 0 Å². The van der Waals surface area contributed by atoms with E-state index >= 15 is 0 Å². The number of aromatic nitrogens is 4. The molecule has 0 radical (unpaired) electrons. The van der Waals surface area contributed by atoms with Crippen molar-refractivity contribution in [2.75, 3.05) is 13.1 Å². The summed E-state index contributed by atoms with van der Waals surface area (Å²) in [6.07, 6.45) is 1.19. The highest BCUT2D eigenvalue weighted by Crippen LogP contribution is 2.28. The van der Waals surface area contributed by atoms with Crippen LogP contribution >= 0.6 is 11.8 Å². The van der Waals surface area contributed by atoms with Gasteiger partial charge in [-0.05, 0) is 54.2 Å². The number of carbonyl (C=O) groups excluding carboxylic acids is 1. The largest absolute Gasteiger partial charge is 0.341 e.